The highest BCUT2D eigenvalue weighted by molar-refractivity contribution is 4.76. The molecule has 1 fully saturated rings. The molecule has 86 valence electrons. The molecule has 4 heteroatoms. The SMILES string of the molecule is CC.CCN1CC(C)OC(C(F)F)C1. The second kappa shape index (κ2) is 7.12. The van der Waals surface area contributed by atoms with E-state index >= 15 is 0 Å². The van der Waals surface area contributed by atoms with E-state index in [-0.39, 0.29) is 6.10 Å². The van der Waals surface area contributed by atoms with Crippen LogP contribution in [0.25, 0.3) is 0 Å². The summed E-state index contributed by atoms with van der Waals surface area (Å²) < 4.78 is 29.6. The van der Waals surface area contributed by atoms with Crippen LogP contribution in [0.3, 0.4) is 0 Å². The van der Waals surface area contributed by atoms with Gasteiger partial charge in [0.05, 0.1) is 6.10 Å². The summed E-state index contributed by atoms with van der Waals surface area (Å²) in [6.45, 7) is 9.74. The lowest BCUT2D eigenvalue weighted by atomic mass is 10.2. The number of likely N-dealkylation sites (N-methyl/N-ethyl adjacent to an activating group) is 1. The summed E-state index contributed by atoms with van der Waals surface area (Å²) in [5.74, 6) is 0. The summed E-state index contributed by atoms with van der Waals surface area (Å²) in [6.07, 6.45) is -3.33. The maximum atomic E-state index is 12.3. The molecule has 0 aromatic rings. The van der Waals surface area contributed by atoms with Gasteiger partial charge in [-0.1, -0.05) is 20.8 Å². The monoisotopic (exact) mass is 209 g/mol. The van der Waals surface area contributed by atoms with Crippen LogP contribution >= 0.6 is 0 Å². The van der Waals surface area contributed by atoms with Crippen molar-refractivity contribution in [2.24, 2.45) is 0 Å². The lowest BCUT2D eigenvalue weighted by molar-refractivity contribution is -0.134. The van der Waals surface area contributed by atoms with Crippen molar-refractivity contribution in [2.75, 3.05) is 19.6 Å². The van der Waals surface area contributed by atoms with Crippen LogP contribution in [0.2, 0.25) is 0 Å². The van der Waals surface area contributed by atoms with Gasteiger partial charge in [-0.15, -0.1) is 0 Å². The Morgan fingerprint density at radius 2 is 1.93 bits per heavy atom. The van der Waals surface area contributed by atoms with Gasteiger partial charge in [0.25, 0.3) is 6.43 Å². The molecule has 0 bridgehead atoms. The summed E-state index contributed by atoms with van der Waals surface area (Å²) in [6, 6.07) is 0. The first kappa shape index (κ1) is 13.8. The number of morpholine rings is 1. The van der Waals surface area contributed by atoms with Crippen molar-refractivity contribution in [1.29, 1.82) is 0 Å². The fourth-order valence-corrected chi connectivity index (χ4v) is 1.47. The largest absolute Gasteiger partial charge is 0.367 e. The maximum absolute atomic E-state index is 12.3. The van der Waals surface area contributed by atoms with Crippen molar-refractivity contribution < 1.29 is 13.5 Å². The Bertz CT molecular complexity index is 144. The third-order valence-corrected chi connectivity index (χ3v) is 2.09. The first-order chi connectivity index (χ1) is 6.63. The number of ether oxygens (including phenoxy) is 1. The highest BCUT2D eigenvalue weighted by Gasteiger charge is 2.30. The normalized spacial score (nSPS) is 28.5. The summed E-state index contributed by atoms with van der Waals surface area (Å²) in [5.41, 5.74) is 0. The summed E-state index contributed by atoms with van der Waals surface area (Å²) in [7, 11) is 0. The minimum Gasteiger partial charge on any atom is -0.367 e. The van der Waals surface area contributed by atoms with Crippen LogP contribution in [0.5, 0.6) is 0 Å². The van der Waals surface area contributed by atoms with Crippen molar-refractivity contribution in [3.8, 4) is 0 Å². The zero-order valence-corrected chi connectivity index (χ0v) is 9.46. The van der Waals surface area contributed by atoms with Gasteiger partial charge in [-0.2, -0.15) is 0 Å². The molecule has 1 aliphatic heterocycles. The van der Waals surface area contributed by atoms with E-state index in [0.717, 1.165) is 13.1 Å². The first-order valence-corrected chi connectivity index (χ1v) is 5.29. The van der Waals surface area contributed by atoms with E-state index in [4.69, 9.17) is 4.74 Å². The van der Waals surface area contributed by atoms with Crippen LogP contribution in [-0.4, -0.2) is 43.2 Å². The molecule has 1 heterocycles. The van der Waals surface area contributed by atoms with Gasteiger partial charge in [-0.25, -0.2) is 8.78 Å². The van der Waals surface area contributed by atoms with E-state index in [1.165, 1.54) is 0 Å². The van der Waals surface area contributed by atoms with E-state index in [2.05, 4.69) is 0 Å². The Morgan fingerprint density at radius 3 is 2.36 bits per heavy atom. The zero-order chi connectivity index (χ0) is 11.1. The highest BCUT2D eigenvalue weighted by atomic mass is 19.3. The second-order valence-electron chi connectivity index (χ2n) is 3.17. The minimum absolute atomic E-state index is 0.0716. The zero-order valence-electron chi connectivity index (χ0n) is 9.46. The standard InChI is InChI=1S/C8H15F2NO.C2H6/c1-3-11-4-6(2)12-7(5-11)8(9)10;1-2/h6-8H,3-5H2,1-2H3;1-2H3. The number of nitrogens with zero attached hydrogens (tertiary/aromatic N) is 1. The van der Waals surface area contributed by atoms with Crippen LogP contribution in [-0.2, 0) is 4.74 Å². The molecule has 0 amide bonds. The molecule has 14 heavy (non-hydrogen) atoms. The molecule has 0 aromatic heterocycles. The Hall–Kier alpha value is -0.220. The van der Waals surface area contributed by atoms with Gasteiger partial charge in [-0.3, -0.25) is 4.90 Å². The molecule has 2 unspecified atom stereocenters. The minimum atomic E-state index is -2.36. The molecule has 2 atom stereocenters. The number of hydrogen-bond donors (Lipinski definition) is 0. The topological polar surface area (TPSA) is 12.5 Å². The van der Waals surface area contributed by atoms with Crippen LogP contribution in [0.15, 0.2) is 0 Å². The maximum Gasteiger partial charge on any atom is 0.265 e. The lowest BCUT2D eigenvalue weighted by Crippen LogP contribution is -2.49. The number of alkyl halides is 2. The van der Waals surface area contributed by atoms with E-state index in [1.807, 2.05) is 32.6 Å². The third-order valence-electron chi connectivity index (χ3n) is 2.09. The first-order valence-electron chi connectivity index (χ1n) is 5.29. The molecular weight excluding hydrogens is 188 g/mol. The second-order valence-corrected chi connectivity index (χ2v) is 3.17. The Labute approximate surface area is 85.2 Å². The molecule has 0 saturated carbocycles. The van der Waals surface area contributed by atoms with Gasteiger partial charge in [0.15, 0.2) is 0 Å². The molecule has 0 radical (unpaired) electrons. The quantitative estimate of drug-likeness (QED) is 0.692. The molecule has 1 aliphatic rings. The summed E-state index contributed by atoms with van der Waals surface area (Å²) >= 11 is 0. The van der Waals surface area contributed by atoms with Crippen molar-refractivity contribution in [2.45, 2.75) is 46.3 Å². The number of rotatable bonds is 2. The molecule has 0 aromatic carbocycles. The average molecular weight is 209 g/mol. The molecule has 0 spiro atoms. The third kappa shape index (κ3) is 4.33. The average Bonchev–Trinajstić information content (AvgIpc) is 2.20. The van der Waals surface area contributed by atoms with Crippen molar-refractivity contribution in [3.63, 3.8) is 0 Å². The van der Waals surface area contributed by atoms with Crippen LogP contribution < -0.4 is 0 Å². The van der Waals surface area contributed by atoms with Gasteiger partial charge < -0.3 is 4.74 Å². The summed E-state index contributed by atoms with van der Waals surface area (Å²) in [5, 5.41) is 0. The van der Waals surface area contributed by atoms with Crippen LogP contribution in [0.1, 0.15) is 27.7 Å². The van der Waals surface area contributed by atoms with Crippen molar-refractivity contribution in [1.82, 2.24) is 4.90 Å². The van der Waals surface area contributed by atoms with E-state index in [0.29, 0.717) is 6.54 Å². The van der Waals surface area contributed by atoms with Crippen molar-refractivity contribution in [3.05, 3.63) is 0 Å². The fourth-order valence-electron chi connectivity index (χ4n) is 1.47. The lowest BCUT2D eigenvalue weighted by Gasteiger charge is -2.35. The van der Waals surface area contributed by atoms with Gasteiger partial charge >= 0.3 is 0 Å². The molecule has 0 N–H and O–H groups in total. The fraction of sp³-hybridized carbons (Fsp3) is 1.00. The van der Waals surface area contributed by atoms with Gasteiger partial charge in [0.1, 0.15) is 6.10 Å². The van der Waals surface area contributed by atoms with Crippen molar-refractivity contribution >= 4 is 0 Å². The number of halogens is 2. The Kier molecular flexibility index (Phi) is 7.01. The van der Waals surface area contributed by atoms with Crippen LogP contribution in [0.4, 0.5) is 8.78 Å². The smallest absolute Gasteiger partial charge is 0.265 e. The predicted octanol–water partition coefficient (Wildman–Crippen LogP) is 2.39. The van der Waals surface area contributed by atoms with E-state index in [1.54, 1.807) is 0 Å². The number of hydrogen-bond acceptors (Lipinski definition) is 2. The molecular formula is C10H21F2NO. The van der Waals surface area contributed by atoms with E-state index < -0.39 is 12.5 Å². The van der Waals surface area contributed by atoms with Gasteiger partial charge in [0.2, 0.25) is 0 Å². The molecule has 1 rings (SSSR count). The molecule has 2 nitrogen and oxygen atoms in total. The Balaban J connectivity index is 0.000000791. The molecule has 0 aliphatic carbocycles. The van der Waals surface area contributed by atoms with Crippen LogP contribution in [0, 0.1) is 0 Å². The molecule has 1 saturated heterocycles. The summed E-state index contributed by atoms with van der Waals surface area (Å²) in [4.78, 5) is 1.99. The van der Waals surface area contributed by atoms with Gasteiger partial charge in [-0.05, 0) is 13.5 Å². The predicted molar refractivity (Wildman–Crippen MR) is 53.8 cm³/mol. The highest BCUT2D eigenvalue weighted by Crippen LogP contribution is 2.16. The van der Waals surface area contributed by atoms with E-state index in [9.17, 15) is 8.78 Å². The van der Waals surface area contributed by atoms with Gasteiger partial charge in [0, 0.05) is 13.1 Å². The Morgan fingerprint density at radius 1 is 1.36 bits per heavy atom.